The van der Waals surface area contributed by atoms with E-state index in [0.717, 1.165) is 12.8 Å². The van der Waals surface area contributed by atoms with Gasteiger partial charge >= 0.3 is 0 Å². The normalized spacial score (nSPS) is 28.0. The van der Waals surface area contributed by atoms with Crippen LogP contribution in [0.3, 0.4) is 0 Å². The third kappa shape index (κ3) is 2.69. The molecule has 8 heteroatoms. The Kier molecular flexibility index (Phi) is 4.01. The molecule has 2 heterocycles. The van der Waals surface area contributed by atoms with Crippen molar-refractivity contribution in [2.24, 2.45) is 5.92 Å². The molecule has 2 aliphatic carbocycles. The first-order valence-corrected chi connectivity index (χ1v) is 8.61. The van der Waals surface area contributed by atoms with E-state index in [2.05, 4.69) is 15.0 Å². The van der Waals surface area contributed by atoms with Crippen molar-refractivity contribution in [3.8, 4) is 5.88 Å². The number of fused-ring (bicyclic) bond motifs is 1. The van der Waals surface area contributed by atoms with Gasteiger partial charge in [0.05, 0.1) is 12.4 Å². The maximum atomic E-state index is 10.1. The lowest BCUT2D eigenvalue weighted by Crippen LogP contribution is -2.16. The lowest BCUT2D eigenvalue weighted by Gasteiger charge is -2.14. The molecule has 3 unspecified atom stereocenters. The van der Waals surface area contributed by atoms with Crippen LogP contribution in [0.5, 0.6) is 5.88 Å². The second-order valence-electron chi connectivity index (χ2n) is 6.87. The largest absolute Gasteiger partial charge is 0.473 e. The standard InChI is InChI=1S/C16H23N5O3/c17-16-19-14-13(15(20-16)24-11-3-1-2-4-11)18-8-21(14)10-5-9(7-22)12(23)6-10/h8-12,22-23H,1-7H2,(H2,17,19,20). The number of ether oxygens (including phenoxy) is 1. The lowest BCUT2D eigenvalue weighted by molar-refractivity contribution is 0.0906. The summed E-state index contributed by atoms with van der Waals surface area (Å²) in [5, 5.41) is 19.4. The number of nitrogen functional groups attached to an aromatic ring is 1. The number of hydrogen-bond acceptors (Lipinski definition) is 7. The van der Waals surface area contributed by atoms with Crippen molar-refractivity contribution in [1.29, 1.82) is 0 Å². The first-order chi connectivity index (χ1) is 11.7. The molecule has 0 aliphatic heterocycles. The molecular formula is C16H23N5O3. The predicted octanol–water partition coefficient (Wildman–Crippen LogP) is 1.03. The molecule has 3 atom stereocenters. The quantitative estimate of drug-likeness (QED) is 0.764. The minimum absolute atomic E-state index is 0.0164. The molecule has 0 spiro atoms. The minimum atomic E-state index is -0.508. The van der Waals surface area contributed by atoms with Crippen molar-refractivity contribution >= 4 is 17.1 Å². The van der Waals surface area contributed by atoms with Crippen LogP contribution in [0.1, 0.15) is 44.6 Å². The Hall–Kier alpha value is -1.93. The Balaban J connectivity index is 1.67. The van der Waals surface area contributed by atoms with Gasteiger partial charge in [-0.3, -0.25) is 0 Å². The van der Waals surface area contributed by atoms with E-state index in [0.29, 0.717) is 29.9 Å². The second-order valence-corrected chi connectivity index (χ2v) is 6.87. The summed E-state index contributed by atoms with van der Waals surface area (Å²) in [6.45, 7) is -0.0164. The summed E-state index contributed by atoms with van der Waals surface area (Å²) in [6, 6.07) is 0.0378. The topological polar surface area (TPSA) is 119 Å². The number of aliphatic hydroxyl groups excluding tert-OH is 2. The maximum absolute atomic E-state index is 10.1. The van der Waals surface area contributed by atoms with Crippen LogP contribution in [0.2, 0.25) is 0 Å². The summed E-state index contributed by atoms with van der Waals surface area (Å²) in [4.78, 5) is 13.0. The average molecular weight is 333 g/mol. The Morgan fingerprint density at radius 1 is 1.25 bits per heavy atom. The van der Waals surface area contributed by atoms with Gasteiger partial charge in [-0.25, -0.2) is 4.98 Å². The fourth-order valence-electron chi connectivity index (χ4n) is 3.92. The van der Waals surface area contributed by atoms with Gasteiger partial charge in [-0.2, -0.15) is 9.97 Å². The van der Waals surface area contributed by atoms with Gasteiger partial charge in [-0.15, -0.1) is 0 Å². The Labute approximate surface area is 139 Å². The molecule has 0 amide bonds. The monoisotopic (exact) mass is 333 g/mol. The third-order valence-electron chi connectivity index (χ3n) is 5.25. The van der Waals surface area contributed by atoms with Crippen LogP contribution in [-0.4, -0.2) is 48.5 Å². The van der Waals surface area contributed by atoms with Gasteiger partial charge in [-0.1, -0.05) is 0 Å². The van der Waals surface area contributed by atoms with E-state index in [1.54, 1.807) is 6.33 Å². The molecule has 4 N–H and O–H groups in total. The SMILES string of the molecule is Nc1nc(OC2CCCC2)c2ncn(C3CC(O)C(CO)C3)c2n1. The molecule has 2 aliphatic rings. The van der Waals surface area contributed by atoms with E-state index in [9.17, 15) is 10.2 Å². The van der Waals surface area contributed by atoms with Crippen LogP contribution in [-0.2, 0) is 0 Å². The maximum Gasteiger partial charge on any atom is 0.247 e. The number of imidazole rings is 1. The Morgan fingerprint density at radius 2 is 2.04 bits per heavy atom. The molecule has 0 aromatic carbocycles. The van der Waals surface area contributed by atoms with Gasteiger partial charge in [-0.05, 0) is 38.5 Å². The van der Waals surface area contributed by atoms with Crippen molar-refractivity contribution in [3.63, 3.8) is 0 Å². The molecular weight excluding hydrogens is 310 g/mol. The Bertz CT molecular complexity index is 728. The summed E-state index contributed by atoms with van der Waals surface area (Å²) >= 11 is 0. The van der Waals surface area contributed by atoms with E-state index in [-0.39, 0.29) is 30.6 Å². The summed E-state index contributed by atoms with van der Waals surface area (Å²) in [5.41, 5.74) is 7.11. The molecule has 24 heavy (non-hydrogen) atoms. The van der Waals surface area contributed by atoms with Gasteiger partial charge in [0.25, 0.3) is 0 Å². The third-order valence-corrected chi connectivity index (χ3v) is 5.25. The van der Waals surface area contributed by atoms with Gasteiger partial charge < -0.3 is 25.3 Å². The van der Waals surface area contributed by atoms with Crippen LogP contribution >= 0.6 is 0 Å². The lowest BCUT2D eigenvalue weighted by atomic mass is 10.1. The summed E-state index contributed by atoms with van der Waals surface area (Å²) in [5.74, 6) is 0.496. The number of hydrogen-bond donors (Lipinski definition) is 3. The second kappa shape index (κ2) is 6.18. The van der Waals surface area contributed by atoms with Gasteiger partial charge in [0.15, 0.2) is 11.2 Å². The zero-order chi connectivity index (χ0) is 16.7. The molecule has 0 bridgehead atoms. The highest BCUT2D eigenvalue weighted by Gasteiger charge is 2.34. The highest BCUT2D eigenvalue weighted by molar-refractivity contribution is 5.77. The van der Waals surface area contributed by atoms with Crippen LogP contribution < -0.4 is 10.5 Å². The summed E-state index contributed by atoms with van der Waals surface area (Å²) in [6.07, 6.45) is 7.02. The molecule has 130 valence electrons. The van der Waals surface area contributed by atoms with Gasteiger partial charge in [0, 0.05) is 18.6 Å². The number of anilines is 1. The number of nitrogens with zero attached hydrogens (tertiary/aromatic N) is 4. The van der Waals surface area contributed by atoms with E-state index >= 15 is 0 Å². The van der Waals surface area contributed by atoms with Crippen LogP contribution in [0.25, 0.3) is 11.2 Å². The molecule has 0 radical (unpaired) electrons. The molecule has 8 nitrogen and oxygen atoms in total. The summed E-state index contributed by atoms with van der Waals surface area (Å²) in [7, 11) is 0. The average Bonchev–Trinajstić information content (AvgIpc) is 3.26. The van der Waals surface area contributed by atoms with E-state index < -0.39 is 6.10 Å². The fraction of sp³-hybridized carbons (Fsp3) is 0.688. The molecule has 2 saturated carbocycles. The van der Waals surface area contributed by atoms with Crippen molar-refractivity contribution in [2.75, 3.05) is 12.3 Å². The molecule has 2 fully saturated rings. The predicted molar refractivity (Wildman–Crippen MR) is 87.5 cm³/mol. The van der Waals surface area contributed by atoms with Crippen LogP contribution in [0.4, 0.5) is 5.95 Å². The zero-order valence-corrected chi connectivity index (χ0v) is 13.5. The number of aromatic nitrogens is 4. The first kappa shape index (κ1) is 15.6. The Morgan fingerprint density at radius 3 is 2.75 bits per heavy atom. The van der Waals surface area contributed by atoms with E-state index in [1.807, 2.05) is 4.57 Å². The van der Waals surface area contributed by atoms with Crippen molar-refractivity contribution in [2.45, 2.75) is 56.8 Å². The fourth-order valence-corrected chi connectivity index (χ4v) is 3.92. The molecule has 2 aromatic heterocycles. The number of nitrogens with two attached hydrogens (primary N) is 1. The van der Waals surface area contributed by atoms with Gasteiger partial charge in [0.1, 0.15) is 6.10 Å². The molecule has 2 aromatic rings. The highest BCUT2D eigenvalue weighted by atomic mass is 16.5. The van der Waals surface area contributed by atoms with Gasteiger partial charge in [0.2, 0.25) is 11.8 Å². The molecule has 0 saturated heterocycles. The van der Waals surface area contributed by atoms with Crippen LogP contribution in [0.15, 0.2) is 6.33 Å². The van der Waals surface area contributed by atoms with Crippen molar-refractivity contribution < 1.29 is 14.9 Å². The zero-order valence-electron chi connectivity index (χ0n) is 13.5. The number of aliphatic hydroxyl groups is 2. The van der Waals surface area contributed by atoms with Crippen molar-refractivity contribution in [3.05, 3.63) is 6.33 Å². The minimum Gasteiger partial charge on any atom is -0.473 e. The van der Waals surface area contributed by atoms with E-state index in [4.69, 9.17) is 10.5 Å². The highest BCUT2D eigenvalue weighted by Crippen LogP contribution is 2.37. The smallest absolute Gasteiger partial charge is 0.247 e. The van der Waals surface area contributed by atoms with Crippen LogP contribution in [0, 0.1) is 5.92 Å². The summed E-state index contributed by atoms with van der Waals surface area (Å²) < 4.78 is 7.94. The van der Waals surface area contributed by atoms with Crippen molar-refractivity contribution in [1.82, 2.24) is 19.5 Å². The number of rotatable bonds is 4. The first-order valence-electron chi connectivity index (χ1n) is 8.61. The van der Waals surface area contributed by atoms with E-state index in [1.165, 1.54) is 12.8 Å². The molecule has 4 rings (SSSR count).